The third kappa shape index (κ3) is 2.36. The van der Waals surface area contributed by atoms with Gasteiger partial charge in [0.15, 0.2) is 28.2 Å². The van der Waals surface area contributed by atoms with Crippen molar-refractivity contribution in [3.63, 3.8) is 0 Å². The Morgan fingerprint density at radius 1 is 0.850 bits per heavy atom. The molecule has 0 bridgehead atoms. The highest BCUT2D eigenvalue weighted by Gasteiger charge is 2.51. The van der Waals surface area contributed by atoms with Crippen LogP contribution in [0.1, 0.15) is 25.3 Å². The van der Waals surface area contributed by atoms with Crippen LogP contribution in [0.2, 0.25) is 0 Å². The SMILES string of the molecule is CC(C)c1c(F)c(F)c(S(=O)(=O)C(F)(F)F)c(F)c1F. The second-order valence-corrected chi connectivity index (χ2v) is 5.98. The largest absolute Gasteiger partial charge is 0.502 e. The zero-order valence-corrected chi connectivity index (χ0v) is 10.8. The molecule has 0 saturated heterocycles. The maximum absolute atomic E-state index is 13.5. The molecule has 1 aromatic carbocycles. The molecule has 0 N–H and O–H groups in total. The Hall–Kier alpha value is -1.32. The van der Waals surface area contributed by atoms with E-state index in [1.165, 1.54) is 0 Å². The lowest BCUT2D eigenvalue weighted by Gasteiger charge is -2.15. The van der Waals surface area contributed by atoms with E-state index >= 15 is 0 Å². The van der Waals surface area contributed by atoms with E-state index in [1.807, 2.05) is 0 Å². The quantitative estimate of drug-likeness (QED) is 0.614. The minimum absolute atomic E-state index is 1.11. The van der Waals surface area contributed by atoms with E-state index in [4.69, 9.17) is 0 Å². The monoisotopic (exact) mass is 324 g/mol. The lowest BCUT2D eigenvalue weighted by atomic mass is 10.0. The summed E-state index contributed by atoms with van der Waals surface area (Å²) >= 11 is 0. The molecule has 0 radical (unpaired) electrons. The normalized spacial score (nSPS) is 13.1. The molecule has 0 spiro atoms. The topological polar surface area (TPSA) is 34.1 Å². The molecule has 10 heteroatoms. The van der Waals surface area contributed by atoms with Gasteiger partial charge in [-0.2, -0.15) is 13.2 Å². The number of rotatable bonds is 2. The lowest BCUT2D eigenvalue weighted by molar-refractivity contribution is -0.0440. The summed E-state index contributed by atoms with van der Waals surface area (Å²) < 4.78 is 112. The second-order valence-electron chi connectivity index (χ2n) is 4.10. The van der Waals surface area contributed by atoms with Crippen LogP contribution in [0.15, 0.2) is 4.90 Å². The Balaban J connectivity index is 3.88. The van der Waals surface area contributed by atoms with Gasteiger partial charge in [-0.1, -0.05) is 13.8 Å². The van der Waals surface area contributed by atoms with Gasteiger partial charge in [0.05, 0.1) is 0 Å². The number of halogens is 7. The average Bonchev–Trinajstić information content (AvgIpc) is 2.24. The predicted molar refractivity (Wildman–Crippen MR) is 53.6 cm³/mol. The van der Waals surface area contributed by atoms with Gasteiger partial charge >= 0.3 is 5.51 Å². The van der Waals surface area contributed by atoms with Crippen LogP contribution in [0.25, 0.3) is 0 Å². The summed E-state index contributed by atoms with van der Waals surface area (Å²) in [4.78, 5) is -2.68. The fraction of sp³-hybridized carbons (Fsp3) is 0.400. The Labute approximate surface area is 109 Å². The van der Waals surface area contributed by atoms with Crippen LogP contribution in [-0.4, -0.2) is 13.9 Å². The van der Waals surface area contributed by atoms with Gasteiger partial charge in [0.1, 0.15) is 0 Å². The molecule has 20 heavy (non-hydrogen) atoms. The third-order valence-corrected chi connectivity index (χ3v) is 3.91. The molecule has 0 saturated carbocycles. The van der Waals surface area contributed by atoms with Crippen LogP contribution in [-0.2, 0) is 9.84 Å². The number of benzene rings is 1. The Morgan fingerprint density at radius 3 is 1.45 bits per heavy atom. The van der Waals surface area contributed by atoms with Crippen LogP contribution < -0.4 is 0 Å². The van der Waals surface area contributed by atoms with Gasteiger partial charge in [-0.05, 0) is 5.92 Å². The van der Waals surface area contributed by atoms with E-state index in [2.05, 4.69) is 0 Å². The van der Waals surface area contributed by atoms with Crippen LogP contribution >= 0.6 is 0 Å². The van der Waals surface area contributed by atoms with Crippen LogP contribution in [0.3, 0.4) is 0 Å². The summed E-state index contributed by atoms with van der Waals surface area (Å²) in [6, 6.07) is 0. The van der Waals surface area contributed by atoms with Crippen molar-refractivity contribution in [2.75, 3.05) is 0 Å². The van der Waals surface area contributed by atoms with Crippen molar-refractivity contribution in [2.45, 2.75) is 30.2 Å². The molecule has 0 heterocycles. The Bertz CT molecular complexity index is 618. The van der Waals surface area contributed by atoms with Crippen molar-refractivity contribution in [1.82, 2.24) is 0 Å². The number of hydrogen-bond donors (Lipinski definition) is 0. The zero-order chi connectivity index (χ0) is 16.0. The van der Waals surface area contributed by atoms with Gasteiger partial charge in [-0.3, -0.25) is 0 Å². The van der Waals surface area contributed by atoms with E-state index in [9.17, 15) is 39.2 Å². The van der Waals surface area contributed by atoms with Crippen molar-refractivity contribution in [1.29, 1.82) is 0 Å². The first-order valence-corrected chi connectivity index (χ1v) is 6.49. The Kier molecular flexibility index (Phi) is 4.10. The molecular formula is C10H7F7O2S. The maximum atomic E-state index is 13.5. The molecule has 2 nitrogen and oxygen atoms in total. The standard InChI is InChI=1S/C10H7F7O2S/c1-3(2)4-5(11)7(13)9(8(14)6(4)12)20(18,19)10(15,16)17/h3H,1-2H3. The smallest absolute Gasteiger partial charge is 0.214 e. The van der Waals surface area contributed by atoms with E-state index in [0.717, 1.165) is 13.8 Å². The number of hydrogen-bond acceptors (Lipinski definition) is 2. The molecular weight excluding hydrogens is 317 g/mol. The predicted octanol–water partition coefficient (Wildman–Crippen LogP) is 3.66. The molecule has 0 amide bonds. The van der Waals surface area contributed by atoms with Gasteiger partial charge in [0, 0.05) is 5.56 Å². The average molecular weight is 324 g/mol. The van der Waals surface area contributed by atoms with Crippen molar-refractivity contribution >= 4 is 9.84 Å². The summed E-state index contributed by atoms with van der Waals surface area (Å²) in [5.41, 5.74) is -7.26. The van der Waals surface area contributed by atoms with E-state index < -0.39 is 55.0 Å². The van der Waals surface area contributed by atoms with E-state index in [1.54, 1.807) is 0 Å². The summed E-state index contributed by atoms with van der Waals surface area (Å²) in [6.07, 6.45) is 0. The zero-order valence-electron chi connectivity index (χ0n) is 9.95. The summed E-state index contributed by atoms with van der Waals surface area (Å²) in [7, 11) is -6.56. The molecule has 0 aromatic heterocycles. The highest BCUT2D eigenvalue weighted by Crippen LogP contribution is 2.37. The van der Waals surface area contributed by atoms with Gasteiger partial charge in [-0.25, -0.2) is 26.0 Å². The van der Waals surface area contributed by atoms with Gasteiger partial charge in [0.2, 0.25) is 0 Å². The van der Waals surface area contributed by atoms with Crippen LogP contribution in [0.5, 0.6) is 0 Å². The second kappa shape index (κ2) is 4.90. The molecule has 0 unspecified atom stereocenters. The molecule has 0 aliphatic heterocycles. The van der Waals surface area contributed by atoms with Gasteiger partial charge in [-0.15, -0.1) is 0 Å². The van der Waals surface area contributed by atoms with E-state index in [-0.39, 0.29) is 0 Å². The van der Waals surface area contributed by atoms with Crippen molar-refractivity contribution in [2.24, 2.45) is 0 Å². The lowest BCUT2D eigenvalue weighted by Crippen LogP contribution is -2.27. The molecule has 0 aliphatic rings. The molecule has 1 rings (SSSR count). The summed E-state index contributed by atoms with van der Waals surface area (Å²) in [6.45, 7) is 2.25. The molecule has 0 fully saturated rings. The minimum Gasteiger partial charge on any atom is -0.214 e. The molecule has 1 aromatic rings. The maximum Gasteiger partial charge on any atom is 0.502 e. The van der Waals surface area contributed by atoms with Crippen LogP contribution in [0.4, 0.5) is 30.7 Å². The number of sulfone groups is 1. The molecule has 0 atom stereocenters. The van der Waals surface area contributed by atoms with Crippen molar-refractivity contribution in [3.8, 4) is 0 Å². The number of alkyl halides is 3. The minimum atomic E-state index is -6.56. The molecule has 0 aliphatic carbocycles. The van der Waals surface area contributed by atoms with Gasteiger partial charge in [0.25, 0.3) is 9.84 Å². The van der Waals surface area contributed by atoms with Crippen molar-refractivity contribution in [3.05, 3.63) is 28.8 Å². The summed E-state index contributed by atoms with van der Waals surface area (Å²) in [5.74, 6) is -10.6. The first kappa shape index (κ1) is 16.7. The summed E-state index contributed by atoms with van der Waals surface area (Å²) in [5, 5.41) is 0. The Morgan fingerprint density at radius 2 is 1.20 bits per heavy atom. The fourth-order valence-electron chi connectivity index (χ4n) is 1.49. The fourth-order valence-corrected chi connectivity index (χ4v) is 2.37. The van der Waals surface area contributed by atoms with Gasteiger partial charge < -0.3 is 0 Å². The van der Waals surface area contributed by atoms with Crippen LogP contribution in [0, 0.1) is 23.3 Å². The molecule has 114 valence electrons. The van der Waals surface area contributed by atoms with E-state index in [0.29, 0.717) is 0 Å². The highest BCUT2D eigenvalue weighted by molar-refractivity contribution is 7.92. The first-order chi connectivity index (χ1) is 8.84. The highest BCUT2D eigenvalue weighted by atomic mass is 32.2. The van der Waals surface area contributed by atoms with Crippen molar-refractivity contribution < 1.29 is 39.2 Å². The third-order valence-electron chi connectivity index (χ3n) is 2.41. The first-order valence-electron chi connectivity index (χ1n) is 5.01.